The first-order valence-corrected chi connectivity index (χ1v) is 15.4. The Labute approximate surface area is 260 Å². The van der Waals surface area contributed by atoms with Gasteiger partial charge in [0, 0.05) is 67.2 Å². The number of nitrogens with zero attached hydrogens (tertiary/aromatic N) is 6. The van der Waals surface area contributed by atoms with Crippen molar-refractivity contribution in [1.29, 1.82) is 0 Å². The van der Waals surface area contributed by atoms with Crippen LogP contribution in [0.2, 0.25) is 0 Å². The number of benzene rings is 3. The molecule has 0 bridgehead atoms. The second-order valence-electron chi connectivity index (χ2n) is 12.0. The van der Waals surface area contributed by atoms with Gasteiger partial charge in [0.15, 0.2) is 5.65 Å². The third-order valence-electron chi connectivity index (χ3n) is 9.41. The smallest absolute Gasteiger partial charge is 0.320 e. The average Bonchev–Trinajstić information content (AvgIpc) is 3.73. The Morgan fingerprint density at radius 1 is 0.800 bits per heavy atom. The van der Waals surface area contributed by atoms with Gasteiger partial charge in [-0.2, -0.15) is 0 Å². The van der Waals surface area contributed by atoms with Crippen LogP contribution in [0.15, 0.2) is 91.5 Å². The number of nitrogen functional groups attached to an aromatic ring is 1. The number of piperazine rings is 1. The lowest BCUT2D eigenvalue weighted by molar-refractivity contribution is -0.127. The monoisotopic (exact) mass is 595 g/mol. The lowest BCUT2D eigenvalue weighted by atomic mass is 9.95. The van der Waals surface area contributed by atoms with Gasteiger partial charge in [0.2, 0.25) is 5.91 Å². The van der Waals surface area contributed by atoms with Gasteiger partial charge in [-0.25, -0.2) is 14.8 Å². The largest absolute Gasteiger partial charge is 0.398 e. The molecule has 8 rings (SSSR count). The van der Waals surface area contributed by atoms with Crippen molar-refractivity contribution >= 4 is 56.1 Å². The number of pyridine rings is 2. The number of nitrogens with two attached hydrogens (primary N) is 1. The Balaban J connectivity index is 1.17. The molecule has 5 heterocycles. The maximum atomic E-state index is 13.4. The van der Waals surface area contributed by atoms with E-state index < -0.39 is 0 Å². The first-order valence-electron chi connectivity index (χ1n) is 15.4. The quantitative estimate of drug-likeness (QED) is 0.161. The maximum absolute atomic E-state index is 13.4. The van der Waals surface area contributed by atoms with Crippen LogP contribution in [-0.2, 0) is 4.79 Å². The summed E-state index contributed by atoms with van der Waals surface area (Å²) < 4.78 is 2.14. The van der Waals surface area contributed by atoms with E-state index in [1.807, 2.05) is 52.3 Å². The van der Waals surface area contributed by atoms with Crippen LogP contribution in [0.3, 0.4) is 0 Å². The number of fused-ring (bicyclic) bond motifs is 8. The standard InChI is InChI=1S/C36H33N7O2/c1-2-32(44)40-17-19-41(20-18-40)36(45)42-16-15-25(22-42)24-11-14-31-27(21-24)26-9-6-10-28(37)33(26)35-39-30-13-12-29(38-34(30)43(31)35)23-7-4-3-5-8-23/h2-14,21,25H,1,15-20,22,37H2. The van der Waals surface area contributed by atoms with Gasteiger partial charge in [0.25, 0.3) is 0 Å². The highest BCUT2D eigenvalue weighted by atomic mass is 16.2. The fraction of sp³-hybridized carbons (Fsp3) is 0.222. The Morgan fingerprint density at radius 2 is 1.60 bits per heavy atom. The number of amides is 3. The summed E-state index contributed by atoms with van der Waals surface area (Å²) in [7, 11) is 0. The zero-order valence-electron chi connectivity index (χ0n) is 24.9. The topological polar surface area (TPSA) is 100 Å². The molecular weight excluding hydrogens is 562 g/mol. The van der Waals surface area contributed by atoms with Crippen LogP contribution >= 0.6 is 0 Å². The molecule has 3 aromatic carbocycles. The summed E-state index contributed by atoms with van der Waals surface area (Å²) in [6.45, 7) is 7.09. The summed E-state index contributed by atoms with van der Waals surface area (Å²) in [5, 5.41) is 3.05. The molecule has 3 amide bonds. The highest BCUT2D eigenvalue weighted by molar-refractivity contribution is 6.17. The minimum absolute atomic E-state index is 0.0501. The molecule has 0 aliphatic carbocycles. The second kappa shape index (κ2) is 10.6. The summed E-state index contributed by atoms with van der Waals surface area (Å²) in [5.74, 6) is 0.137. The van der Waals surface area contributed by atoms with E-state index in [-0.39, 0.29) is 17.9 Å². The summed E-state index contributed by atoms with van der Waals surface area (Å²) in [6, 6.07) is 26.9. The molecule has 6 aromatic rings. The minimum Gasteiger partial charge on any atom is -0.398 e. The van der Waals surface area contributed by atoms with Gasteiger partial charge < -0.3 is 20.4 Å². The Bertz CT molecular complexity index is 2150. The SMILES string of the molecule is C=CC(=O)N1CCN(C(=O)N2CCC(c3ccc4c(c3)c3cccc(N)c3c3nc5ccc(-c6ccccc6)nc5n43)C2)CC1. The molecule has 2 aliphatic rings. The molecule has 0 radical (unpaired) electrons. The molecule has 1 atom stereocenters. The van der Waals surface area contributed by atoms with Crippen molar-refractivity contribution in [3.8, 4) is 11.3 Å². The van der Waals surface area contributed by atoms with Crippen molar-refractivity contribution < 1.29 is 9.59 Å². The lowest BCUT2D eigenvalue weighted by Gasteiger charge is -2.36. The van der Waals surface area contributed by atoms with Gasteiger partial charge in [0.05, 0.1) is 11.2 Å². The second-order valence-corrected chi connectivity index (χ2v) is 12.0. The van der Waals surface area contributed by atoms with Gasteiger partial charge in [-0.15, -0.1) is 0 Å². The fourth-order valence-corrected chi connectivity index (χ4v) is 7.04. The van der Waals surface area contributed by atoms with E-state index in [2.05, 4.69) is 47.4 Å². The Hall–Kier alpha value is -5.44. The van der Waals surface area contributed by atoms with E-state index in [0.29, 0.717) is 45.0 Å². The fourth-order valence-electron chi connectivity index (χ4n) is 7.04. The van der Waals surface area contributed by atoms with Gasteiger partial charge in [0.1, 0.15) is 11.2 Å². The minimum atomic E-state index is -0.0812. The van der Waals surface area contributed by atoms with Crippen molar-refractivity contribution in [2.75, 3.05) is 45.0 Å². The molecule has 9 nitrogen and oxygen atoms in total. The van der Waals surface area contributed by atoms with Crippen molar-refractivity contribution in [2.45, 2.75) is 12.3 Å². The molecule has 0 spiro atoms. The molecular formula is C36H33N7O2. The Kier molecular flexibility index (Phi) is 6.41. The number of carbonyl (C=O) groups is 2. The molecule has 224 valence electrons. The number of aromatic nitrogens is 3. The molecule has 2 N–H and O–H groups in total. The van der Waals surface area contributed by atoms with E-state index in [1.54, 1.807) is 4.90 Å². The van der Waals surface area contributed by atoms with E-state index in [4.69, 9.17) is 15.7 Å². The number of rotatable bonds is 3. The van der Waals surface area contributed by atoms with E-state index in [0.717, 1.165) is 56.2 Å². The van der Waals surface area contributed by atoms with Crippen molar-refractivity contribution in [1.82, 2.24) is 29.1 Å². The number of hydrogen-bond donors (Lipinski definition) is 1. The van der Waals surface area contributed by atoms with Crippen LogP contribution in [0.1, 0.15) is 17.9 Å². The average molecular weight is 596 g/mol. The van der Waals surface area contributed by atoms with Crippen molar-refractivity contribution in [3.63, 3.8) is 0 Å². The Morgan fingerprint density at radius 3 is 2.40 bits per heavy atom. The van der Waals surface area contributed by atoms with Crippen LogP contribution in [0.25, 0.3) is 49.7 Å². The highest BCUT2D eigenvalue weighted by Gasteiger charge is 2.32. The van der Waals surface area contributed by atoms with Gasteiger partial charge in [-0.05, 0) is 53.8 Å². The summed E-state index contributed by atoms with van der Waals surface area (Å²) in [6.07, 6.45) is 2.23. The molecule has 0 saturated carbocycles. The van der Waals surface area contributed by atoms with Gasteiger partial charge >= 0.3 is 6.03 Å². The van der Waals surface area contributed by atoms with Crippen LogP contribution in [0.4, 0.5) is 10.5 Å². The molecule has 1 unspecified atom stereocenters. The van der Waals surface area contributed by atoms with Crippen LogP contribution in [0, 0.1) is 0 Å². The molecule has 3 aromatic heterocycles. The van der Waals surface area contributed by atoms with E-state index in [9.17, 15) is 9.59 Å². The van der Waals surface area contributed by atoms with Crippen LogP contribution in [-0.4, -0.2) is 80.3 Å². The summed E-state index contributed by atoms with van der Waals surface area (Å²) in [5.41, 5.74) is 13.9. The number of imidazole rings is 1. The number of urea groups is 1. The molecule has 9 heteroatoms. The predicted molar refractivity (Wildman–Crippen MR) is 178 cm³/mol. The van der Waals surface area contributed by atoms with E-state index >= 15 is 0 Å². The number of hydrogen-bond acceptors (Lipinski definition) is 5. The number of likely N-dealkylation sites (tertiary alicyclic amines) is 1. The number of carbonyl (C=O) groups excluding carboxylic acids is 2. The van der Waals surface area contributed by atoms with Crippen molar-refractivity contribution in [3.05, 3.63) is 97.1 Å². The maximum Gasteiger partial charge on any atom is 0.320 e. The third kappa shape index (κ3) is 4.46. The van der Waals surface area contributed by atoms with Gasteiger partial charge in [-0.3, -0.25) is 9.20 Å². The van der Waals surface area contributed by atoms with Gasteiger partial charge in [-0.1, -0.05) is 55.1 Å². The molecule has 45 heavy (non-hydrogen) atoms. The third-order valence-corrected chi connectivity index (χ3v) is 9.41. The van der Waals surface area contributed by atoms with Crippen LogP contribution in [0.5, 0.6) is 0 Å². The molecule has 2 saturated heterocycles. The van der Waals surface area contributed by atoms with E-state index in [1.165, 1.54) is 11.6 Å². The molecule has 2 fully saturated rings. The first-order chi connectivity index (χ1) is 22.0. The summed E-state index contributed by atoms with van der Waals surface area (Å²) in [4.78, 5) is 41.1. The molecule has 2 aliphatic heterocycles. The predicted octanol–water partition coefficient (Wildman–Crippen LogP) is 5.68. The van der Waals surface area contributed by atoms with Crippen molar-refractivity contribution in [2.24, 2.45) is 0 Å². The lowest BCUT2D eigenvalue weighted by Crippen LogP contribution is -2.53. The summed E-state index contributed by atoms with van der Waals surface area (Å²) >= 11 is 0. The highest BCUT2D eigenvalue weighted by Crippen LogP contribution is 2.38. The number of anilines is 1. The zero-order valence-corrected chi connectivity index (χ0v) is 24.9. The zero-order chi connectivity index (χ0) is 30.7. The normalized spacial score (nSPS) is 17.2. The van der Waals surface area contributed by atoms with Crippen LogP contribution < -0.4 is 5.73 Å². The first kappa shape index (κ1) is 27.1.